The Morgan fingerprint density at radius 3 is 2.60 bits per heavy atom. The van der Waals surface area contributed by atoms with Gasteiger partial charge < -0.3 is 4.74 Å². The molecular weight excluding hydrogens is 280 g/mol. The fraction of sp³-hybridized carbons (Fsp3) is 0.462. The van der Waals surface area contributed by atoms with Gasteiger partial charge in [0, 0.05) is 13.1 Å². The molecule has 20 heavy (non-hydrogen) atoms. The number of esters is 1. The molecule has 1 aliphatic rings. The van der Waals surface area contributed by atoms with Crippen LogP contribution in [0.5, 0.6) is 0 Å². The number of benzene rings is 1. The Hall–Kier alpha value is -1.60. The molecule has 110 valence electrons. The molecule has 0 unspecified atom stereocenters. The molecule has 0 bridgehead atoms. The third-order valence-corrected chi connectivity index (χ3v) is 4.94. The zero-order valence-corrected chi connectivity index (χ0v) is 12.2. The van der Waals surface area contributed by atoms with Crippen molar-refractivity contribution < 1.29 is 17.9 Å². The zero-order valence-electron chi connectivity index (χ0n) is 11.4. The summed E-state index contributed by atoms with van der Waals surface area (Å²) >= 11 is 0. The topological polar surface area (TPSA) is 66.9 Å². The fourth-order valence-electron chi connectivity index (χ4n) is 2.13. The summed E-state index contributed by atoms with van der Waals surface area (Å²) in [7, 11) is -3.66. The molecule has 0 amide bonds. The molecule has 0 spiro atoms. The summed E-state index contributed by atoms with van der Waals surface area (Å²) in [5, 5.41) is 0. The SMILES string of the molecule is CCOC(=O)CN1CCCN(c2ccccc2)S1(=O)=O. The second-order valence-electron chi connectivity index (χ2n) is 4.41. The highest BCUT2D eigenvalue weighted by Gasteiger charge is 2.35. The van der Waals surface area contributed by atoms with Crippen molar-refractivity contribution in [2.75, 3.05) is 30.5 Å². The van der Waals surface area contributed by atoms with Crippen LogP contribution in [0.4, 0.5) is 5.69 Å². The highest BCUT2D eigenvalue weighted by Crippen LogP contribution is 2.24. The largest absolute Gasteiger partial charge is 0.465 e. The first-order valence-electron chi connectivity index (χ1n) is 6.54. The second kappa shape index (κ2) is 6.23. The Morgan fingerprint density at radius 1 is 1.25 bits per heavy atom. The van der Waals surface area contributed by atoms with E-state index in [1.54, 1.807) is 31.2 Å². The minimum atomic E-state index is -3.66. The standard InChI is InChI=1S/C13H18N2O4S/c1-2-19-13(16)11-14-9-6-10-15(20(14,17)18)12-7-4-3-5-8-12/h3-5,7-8H,2,6,9-11H2,1H3. The van der Waals surface area contributed by atoms with Crippen molar-refractivity contribution >= 4 is 21.9 Å². The van der Waals surface area contributed by atoms with Crippen LogP contribution in [0, 0.1) is 0 Å². The Labute approximate surface area is 119 Å². The molecule has 0 aromatic heterocycles. The maximum absolute atomic E-state index is 12.5. The Bertz CT molecular complexity index is 559. The lowest BCUT2D eigenvalue weighted by atomic mass is 10.3. The minimum absolute atomic E-state index is 0.237. The van der Waals surface area contributed by atoms with Crippen LogP contribution in [-0.4, -0.2) is 44.9 Å². The minimum Gasteiger partial charge on any atom is -0.465 e. The molecule has 0 radical (unpaired) electrons. The van der Waals surface area contributed by atoms with Gasteiger partial charge in [0.15, 0.2) is 0 Å². The zero-order chi connectivity index (χ0) is 14.6. The van der Waals surface area contributed by atoms with E-state index in [1.165, 1.54) is 8.61 Å². The quantitative estimate of drug-likeness (QED) is 0.778. The van der Waals surface area contributed by atoms with Crippen molar-refractivity contribution in [3.63, 3.8) is 0 Å². The van der Waals surface area contributed by atoms with Crippen LogP contribution in [0.1, 0.15) is 13.3 Å². The van der Waals surface area contributed by atoms with Crippen molar-refractivity contribution in [2.24, 2.45) is 0 Å². The van der Waals surface area contributed by atoms with Gasteiger partial charge in [-0.05, 0) is 25.5 Å². The van der Waals surface area contributed by atoms with E-state index < -0.39 is 16.2 Å². The maximum atomic E-state index is 12.5. The van der Waals surface area contributed by atoms with Gasteiger partial charge in [0.2, 0.25) is 0 Å². The van der Waals surface area contributed by atoms with E-state index >= 15 is 0 Å². The van der Waals surface area contributed by atoms with Crippen molar-refractivity contribution in [2.45, 2.75) is 13.3 Å². The van der Waals surface area contributed by atoms with E-state index in [0.717, 1.165) is 0 Å². The number of carbonyl (C=O) groups excluding carboxylic acids is 1. The van der Waals surface area contributed by atoms with E-state index in [1.807, 2.05) is 6.07 Å². The molecule has 7 heteroatoms. The number of carbonyl (C=O) groups is 1. The summed E-state index contributed by atoms with van der Waals surface area (Å²) in [6, 6.07) is 8.89. The van der Waals surface area contributed by atoms with Gasteiger partial charge in [0.25, 0.3) is 0 Å². The van der Waals surface area contributed by atoms with Gasteiger partial charge in [-0.1, -0.05) is 18.2 Å². The normalized spacial score (nSPS) is 18.8. The highest BCUT2D eigenvalue weighted by molar-refractivity contribution is 7.90. The third-order valence-electron chi connectivity index (χ3n) is 3.03. The maximum Gasteiger partial charge on any atom is 0.321 e. The van der Waals surface area contributed by atoms with Gasteiger partial charge in [-0.3, -0.25) is 9.10 Å². The number of ether oxygens (including phenoxy) is 1. The highest BCUT2D eigenvalue weighted by atomic mass is 32.2. The first-order valence-corrected chi connectivity index (χ1v) is 7.94. The predicted octanol–water partition coefficient (Wildman–Crippen LogP) is 1.01. The number of anilines is 1. The third kappa shape index (κ3) is 3.10. The molecule has 6 nitrogen and oxygen atoms in total. The first-order chi connectivity index (χ1) is 9.55. The smallest absolute Gasteiger partial charge is 0.321 e. The van der Waals surface area contributed by atoms with Crippen LogP contribution >= 0.6 is 0 Å². The van der Waals surface area contributed by atoms with Crippen molar-refractivity contribution in [1.29, 1.82) is 0 Å². The van der Waals surface area contributed by atoms with E-state index in [0.29, 0.717) is 25.2 Å². The Morgan fingerprint density at radius 2 is 1.95 bits per heavy atom. The summed E-state index contributed by atoms with van der Waals surface area (Å²) in [4.78, 5) is 11.5. The Balaban J connectivity index is 2.19. The lowest BCUT2D eigenvalue weighted by Crippen LogP contribution is -2.51. The molecule has 2 rings (SSSR count). The number of nitrogens with zero attached hydrogens (tertiary/aromatic N) is 2. The molecule has 1 saturated heterocycles. The van der Waals surface area contributed by atoms with E-state index in [2.05, 4.69) is 0 Å². The van der Waals surface area contributed by atoms with Crippen molar-refractivity contribution in [1.82, 2.24) is 4.31 Å². The molecule has 1 aromatic carbocycles. The number of hydrogen-bond donors (Lipinski definition) is 0. The number of rotatable bonds is 4. The van der Waals surface area contributed by atoms with Gasteiger partial charge in [0.05, 0.1) is 12.3 Å². The van der Waals surface area contributed by atoms with Crippen LogP contribution in [0.2, 0.25) is 0 Å². The molecule has 0 saturated carbocycles. The fourth-order valence-corrected chi connectivity index (χ4v) is 3.78. The van der Waals surface area contributed by atoms with Crippen LogP contribution in [0.25, 0.3) is 0 Å². The van der Waals surface area contributed by atoms with Crippen LogP contribution < -0.4 is 4.31 Å². The van der Waals surface area contributed by atoms with E-state index in [4.69, 9.17) is 4.74 Å². The lowest BCUT2D eigenvalue weighted by molar-refractivity contribution is -0.143. The van der Waals surface area contributed by atoms with Gasteiger partial charge in [0.1, 0.15) is 6.54 Å². The average molecular weight is 298 g/mol. The summed E-state index contributed by atoms with van der Waals surface area (Å²) in [5.41, 5.74) is 0.612. The predicted molar refractivity (Wildman–Crippen MR) is 75.5 cm³/mol. The molecule has 1 aromatic rings. The summed E-state index contributed by atoms with van der Waals surface area (Å²) in [6.07, 6.45) is 0.674. The molecule has 0 aliphatic carbocycles. The van der Waals surface area contributed by atoms with Gasteiger partial charge in [-0.25, -0.2) is 0 Å². The summed E-state index contributed by atoms with van der Waals surface area (Å²) in [5.74, 6) is -0.522. The Kier molecular flexibility index (Phi) is 4.61. The van der Waals surface area contributed by atoms with Gasteiger partial charge in [-0.15, -0.1) is 0 Å². The van der Waals surface area contributed by atoms with E-state index in [-0.39, 0.29) is 13.2 Å². The van der Waals surface area contributed by atoms with E-state index in [9.17, 15) is 13.2 Å². The first kappa shape index (κ1) is 14.8. The van der Waals surface area contributed by atoms with Crippen LogP contribution in [-0.2, 0) is 19.7 Å². The summed E-state index contributed by atoms with van der Waals surface area (Å²) in [6.45, 7) is 2.46. The molecule has 0 N–H and O–H groups in total. The lowest BCUT2D eigenvalue weighted by Gasteiger charge is -2.35. The van der Waals surface area contributed by atoms with Crippen molar-refractivity contribution in [3.05, 3.63) is 30.3 Å². The van der Waals surface area contributed by atoms with Gasteiger partial charge >= 0.3 is 16.2 Å². The molecule has 0 atom stereocenters. The monoisotopic (exact) mass is 298 g/mol. The second-order valence-corrected chi connectivity index (χ2v) is 6.26. The summed E-state index contributed by atoms with van der Waals surface area (Å²) < 4.78 is 32.3. The van der Waals surface area contributed by atoms with Crippen LogP contribution in [0.15, 0.2) is 30.3 Å². The molecule has 1 heterocycles. The van der Waals surface area contributed by atoms with Crippen molar-refractivity contribution in [3.8, 4) is 0 Å². The van der Waals surface area contributed by atoms with Crippen LogP contribution in [0.3, 0.4) is 0 Å². The molecule has 1 fully saturated rings. The molecular formula is C13H18N2O4S. The average Bonchev–Trinajstić information content (AvgIpc) is 2.42. The number of hydrogen-bond acceptors (Lipinski definition) is 4. The number of para-hydroxylation sites is 1. The molecule has 1 aliphatic heterocycles. The van der Waals surface area contributed by atoms with Gasteiger partial charge in [-0.2, -0.15) is 12.7 Å².